The zero-order valence-corrected chi connectivity index (χ0v) is 14.6. The van der Waals surface area contributed by atoms with Crippen molar-refractivity contribution >= 4 is 22.2 Å². The van der Waals surface area contributed by atoms with E-state index in [-0.39, 0.29) is 11.6 Å². The SMILES string of the molecule is O[C@@]1(C(F)(F)F)[C@H]2CCCCCC2=NN1c1nc(-c2cccnc2)cs1. The molecule has 0 amide bonds. The molecule has 0 unspecified atom stereocenters. The Balaban J connectivity index is 1.76. The molecule has 3 heterocycles. The fourth-order valence-corrected chi connectivity index (χ4v) is 4.43. The van der Waals surface area contributed by atoms with Gasteiger partial charge in [0.2, 0.25) is 5.13 Å². The predicted octanol–water partition coefficient (Wildman–Crippen LogP) is 4.21. The highest BCUT2D eigenvalue weighted by Gasteiger charge is 2.67. The van der Waals surface area contributed by atoms with Gasteiger partial charge in [-0.15, -0.1) is 11.3 Å². The van der Waals surface area contributed by atoms with Crippen LogP contribution in [-0.4, -0.2) is 32.7 Å². The average molecular weight is 382 g/mol. The average Bonchev–Trinajstić information content (AvgIpc) is 3.12. The molecule has 0 radical (unpaired) electrons. The van der Waals surface area contributed by atoms with Gasteiger partial charge in [-0.2, -0.15) is 23.3 Å². The number of halogens is 3. The van der Waals surface area contributed by atoms with Crippen LogP contribution in [0.3, 0.4) is 0 Å². The van der Waals surface area contributed by atoms with E-state index in [4.69, 9.17) is 0 Å². The summed E-state index contributed by atoms with van der Waals surface area (Å²) in [5.74, 6) is -1.05. The van der Waals surface area contributed by atoms with Gasteiger partial charge in [0, 0.05) is 29.0 Å². The monoisotopic (exact) mass is 382 g/mol. The standard InChI is InChI=1S/C17H17F3N4OS/c18-17(19,20)16(25)12-6-2-1-3-7-13(12)23-24(16)15-22-14(10-26-15)11-5-4-8-21-9-11/h4-5,8-10,12,25H,1-3,6-7H2/t12-,16+/m0/s1. The van der Waals surface area contributed by atoms with Gasteiger partial charge >= 0.3 is 6.18 Å². The Kier molecular flexibility index (Phi) is 4.23. The number of pyridine rings is 1. The van der Waals surface area contributed by atoms with Crippen LogP contribution in [0.1, 0.15) is 32.1 Å². The highest BCUT2D eigenvalue weighted by Crippen LogP contribution is 2.49. The summed E-state index contributed by atoms with van der Waals surface area (Å²) >= 11 is 1.03. The van der Waals surface area contributed by atoms with Crippen LogP contribution in [0.25, 0.3) is 11.3 Å². The van der Waals surface area contributed by atoms with Crippen molar-refractivity contribution in [3.63, 3.8) is 0 Å². The molecular weight excluding hydrogens is 365 g/mol. The summed E-state index contributed by atoms with van der Waals surface area (Å²) in [4.78, 5) is 8.29. The van der Waals surface area contributed by atoms with E-state index in [9.17, 15) is 18.3 Å². The zero-order valence-electron chi connectivity index (χ0n) is 13.8. The van der Waals surface area contributed by atoms with Crippen LogP contribution in [0, 0.1) is 5.92 Å². The first kappa shape index (κ1) is 17.4. The summed E-state index contributed by atoms with van der Waals surface area (Å²) in [6.07, 6.45) is 1.39. The molecule has 5 nitrogen and oxygen atoms in total. The molecule has 1 aliphatic carbocycles. The molecule has 0 saturated heterocycles. The van der Waals surface area contributed by atoms with E-state index < -0.39 is 17.8 Å². The van der Waals surface area contributed by atoms with Gasteiger partial charge in [0.25, 0.3) is 5.72 Å². The fourth-order valence-electron chi connectivity index (χ4n) is 3.59. The number of hydrazone groups is 1. The minimum atomic E-state index is -4.84. The highest BCUT2D eigenvalue weighted by atomic mass is 32.1. The van der Waals surface area contributed by atoms with Crippen LogP contribution >= 0.6 is 11.3 Å². The van der Waals surface area contributed by atoms with Gasteiger partial charge in [-0.05, 0) is 31.4 Å². The number of anilines is 1. The lowest BCUT2D eigenvalue weighted by Gasteiger charge is -2.37. The van der Waals surface area contributed by atoms with Crippen molar-refractivity contribution in [3.8, 4) is 11.3 Å². The van der Waals surface area contributed by atoms with Crippen LogP contribution in [0.15, 0.2) is 35.0 Å². The lowest BCUT2D eigenvalue weighted by molar-refractivity contribution is -0.268. The van der Waals surface area contributed by atoms with Gasteiger partial charge in [-0.3, -0.25) is 4.98 Å². The van der Waals surface area contributed by atoms with Crippen LogP contribution in [-0.2, 0) is 0 Å². The molecule has 1 fully saturated rings. The predicted molar refractivity (Wildman–Crippen MR) is 92.8 cm³/mol. The molecule has 138 valence electrons. The van der Waals surface area contributed by atoms with Gasteiger partial charge in [-0.25, -0.2) is 4.98 Å². The lowest BCUT2D eigenvalue weighted by Crippen LogP contribution is -2.60. The second-order valence-corrected chi connectivity index (χ2v) is 7.37. The first-order chi connectivity index (χ1) is 12.4. The summed E-state index contributed by atoms with van der Waals surface area (Å²) in [7, 11) is 0. The van der Waals surface area contributed by atoms with Gasteiger partial charge in [0.1, 0.15) is 0 Å². The number of rotatable bonds is 2. The molecule has 26 heavy (non-hydrogen) atoms. The largest absolute Gasteiger partial charge is 0.439 e. The summed E-state index contributed by atoms with van der Waals surface area (Å²) < 4.78 is 41.7. The molecule has 2 aromatic rings. The second-order valence-electron chi connectivity index (χ2n) is 6.54. The number of nitrogens with zero attached hydrogens (tertiary/aromatic N) is 4. The third-order valence-electron chi connectivity index (χ3n) is 4.91. The Morgan fingerprint density at radius 2 is 2.12 bits per heavy atom. The van der Waals surface area contributed by atoms with E-state index in [0.717, 1.165) is 24.2 Å². The van der Waals surface area contributed by atoms with Crippen molar-refractivity contribution in [2.24, 2.45) is 11.0 Å². The molecule has 1 N–H and O–H groups in total. The molecule has 2 aromatic heterocycles. The molecule has 9 heteroatoms. The topological polar surface area (TPSA) is 61.6 Å². The number of aliphatic hydroxyl groups is 1. The molecule has 2 atom stereocenters. The fraction of sp³-hybridized carbons (Fsp3) is 0.471. The Hall–Kier alpha value is -2.00. The maximum atomic E-state index is 13.9. The van der Waals surface area contributed by atoms with Gasteiger partial charge in [-0.1, -0.05) is 12.8 Å². The number of hydrogen-bond donors (Lipinski definition) is 1. The van der Waals surface area contributed by atoms with E-state index >= 15 is 0 Å². The maximum absolute atomic E-state index is 13.9. The number of fused-ring (bicyclic) bond motifs is 1. The van der Waals surface area contributed by atoms with E-state index in [0.29, 0.717) is 34.8 Å². The number of alkyl halides is 3. The van der Waals surface area contributed by atoms with E-state index in [1.54, 1.807) is 29.9 Å². The summed E-state index contributed by atoms with van der Waals surface area (Å²) in [6.45, 7) is 0. The van der Waals surface area contributed by atoms with E-state index in [1.807, 2.05) is 0 Å². The Morgan fingerprint density at radius 1 is 1.27 bits per heavy atom. The zero-order chi connectivity index (χ0) is 18.4. The number of aromatic nitrogens is 2. The van der Waals surface area contributed by atoms with E-state index in [1.165, 1.54) is 0 Å². The van der Waals surface area contributed by atoms with Crippen molar-refractivity contribution in [2.75, 3.05) is 5.01 Å². The van der Waals surface area contributed by atoms with Crippen LogP contribution in [0.5, 0.6) is 0 Å². The van der Waals surface area contributed by atoms with Crippen molar-refractivity contribution in [3.05, 3.63) is 29.9 Å². The molecule has 0 spiro atoms. The third kappa shape index (κ3) is 2.69. The minimum Gasteiger partial charge on any atom is -0.362 e. The molecule has 1 aliphatic heterocycles. The van der Waals surface area contributed by atoms with Crippen LogP contribution in [0.4, 0.5) is 18.3 Å². The first-order valence-corrected chi connectivity index (χ1v) is 9.32. The lowest BCUT2D eigenvalue weighted by atomic mass is 9.87. The van der Waals surface area contributed by atoms with Gasteiger partial charge in [0.05, 0.1) is 11.6 Å². The van der Waals surface area contributed by atoms with Crippen molar-refractivity contribution < 1.29 is 18.3 Å². The van der Waals surface area contributed by atoms with Gasteiger partial charge < -0.3 is 5.11 Å². The molecule has 1 saturated carbocycles. The summed E-state index contributed by atoms with van der Waals surface area (Å²) in [6, 6.07) is 3.51. The van der Waals surface area contributed by atoms with Crippen molar-refractivity contribution in [1.29, 1.82) is 0 Å². The summed E-state index contributed by atoms with van der Waals surface area (Å²) in [5, 5.41) is 17.3. The first-order valence-electron chi connectivity index (χ1n) is 8.44. The van der Waals surface area contributed by atoms with Crippen LogP contribution < -0.4 is 5.01 Å². The van der Waals surface area contributed by atoms with Gasteiger partial charge in [0.15, 0.2) is 0 Å². The smallest absolute Gasteiger partial charge is 0.362 e. The minimum absolute atomic E-state index is 0.0317. The Morgan fingerprint density at radius 3 is 2.85 bits per heavy atom. The van der Waals surface area contributed by atoms with Crippen LogP contribution in [0.2, 0.25) is 0 Å². The summed E-state index contributed by atoms with van der Waals surface area (Å²) in [5.41, 5.74) is -1.42. The molecular formula is C17H17F3N4OS. The normalized spacial score (nSPS) is 26.4. The number of hydrogen-bond acceptors (Lipinski definition) is 6. The second kappa shape index (κ2) is 6.31. The Labute approximate surface area is 152 Å². The van der Waals surface area contributed by atoms with Crippen molar-refractivity contribution in [1.82, 2.24) is 9.97 Å². The third-order valence-corrected chi connectivity index (χ3v) is 5.73. The quantitative estimate of drug-likeness (QED) is 0.845. The highest BCUT2D eigenvalue weighted by molar-refractivity contribution is 7.14. The molecule has 2 aliphatic rings. The molecule has 0 bridgehead atoms. The molecule has 0 aromatic carbocycles. The molecule has 4 rings (SSSR count). The maximum Gasteiger partial charge on any atom is 0.439 e. The van der Waals surface area contributed by atoms with E-state index in [2.05, 4.69) is 15.1 Å². The number of thiazole rings is 1. The Bertz CT molecular complexity index is 823. The van der Waals surface area contributed by atoms with Crippen molar-refractivity contribution in [2.45, 2.75) is 44.0 Å².